The van der Waals surface area contributed by atoms with Crippen LogP contribution < -0.4 is 14.8 Å². The normalized spacial score (nSPS) is 16.6. The molecule has 0 amide bonds. The van der Waals surface area contributed by atoms with Crippen molar-refractivity contribution in [1.29, 1.82) is 0 Å². The smallest absolute Gasteiger partial charge is 0.240 e. The molecular formula is C17H20ClFN2O3S. The molecule has 5 nitrogen and oxygen atoms in total. The molecule has 0 saturated heterocycles. The van der Waals surface area contributed by atoms with E-state index in [4.69, 9.17) is 4.74 Å². The highest BCUT2D eigenvalue weighted by molar-refractivity contribution is 7.89. The Kier molecular flexibility index (Phi) is 6.40. The van der Waals surface area contributed by atoms with Crippen LogP contribution in [0.1, 0.15) is 17.2 Å². The first kappa shape index (κ1) is 19.7. The fraction of sp³-hybridized carbons (Fsp3) is 0.294. The number of fused-ring (bicyclic) bond motifs is 1. The van der Waals surface area contributed by atoms with E-state index >= 15 is 0 Å². The summed E-state index contributed by atoms with van der Waals surface area (Å²) in [4.78, 5) is -0.0233. The summed E-state index contributed by atoms with van der Waals surface area (Å²) >= 11 is 0. The van der Waals surface area contributed by atoms with E-state index in [0.717, 1.165) is 24.6 Å². The second kappa shape index (κ2) is 8.14. The molecule has 1 unspecified atom stereocenters. The average molecular weight is 387 g/mol. The number of methoxy groups -OCH3 is 1. The van der Waals surface area contributed by atoms with Crippen molar-refractivity contribution in [3.63, 3.8) is 0 Å². The lowest BCUT2D eigenvalue weighted by Crippen LogP contribution is -2.38. The van der Waals surface area contributed by atoms with Crippen molar-refractivity contribution < 1.29 is 17.5 Å². The SMILES string of the molecule is COc1cc(S(=O)(=O)NCC2NCCc3ccccc32)ccc1F.Cl. The predicted octanol–water partition coefficient (Wildman–Crippen LogP) is 2.42. The molecule has 0 aliphatic carbocycles. The first-order chi connectivity index (χ1) is 11.5. The van der Waals surface area contributed by atoms with Crippen LogP contribution in [0, 0.1) is 5.82 Å². The summed E-state index contributed by atoms with van der Waals surface area (Å²) in [5.74, 6) is -0.696. The zero-order chi connectivity index (χ0) is 17.2. The third-order valence-corrected chi connectivity index (χ3v) is 5.55. The third kappa shape index (κ3) is 4.30. The number of rotatable bonds is 5. The third-order valence-electron chi connectivity index (χ3n) is 4.13. The van der Waals surface area contributed by atoms with Crippen LogP contribution >= 0.6 is 12.4 Å². The summed E-state index contributed by atoms with van der Waals surface area (Å²) < 4.78 is 45.8. The van der Waals surface area contributed by atoms with E-state index < -0.39 is 15.8 Å². The molecule has 0 saturated carbocycles. The van der Waals surface area contributed by atoms with Gasteiger partial charge in [0.1, 0.15) is 0 Å². The van der Waals surface area contributed by atoms with Crippen LogP contribution in [0.25, 0.3) is 0 Å². The van der Waals surface area contributed by atoms with E-state index in [0.29, 0.717) is 0 Å². The molecule has 0 radical (unpaired) electrons. The Morgan fingerprint density at radius 3 is 2.80 bits per heavy atom. The van der Waals surface area contributed by atoms with Gasteiger partial charge in [-0.05, 0) is 36.2 Å². The van der Waals surface area contributed by atoms with Crippen molar-refractivity contribution in [2.24, 2.45) is 0 Å². The molecule has 1 aliphatic heterocycles. The zero-order valence-electron chi connectivity index (χ0n) is 13.7. The molecule has 1 atom stereocenters. The quantitative estimate of drug-likeness (QED) is 0.828. The van der Waals surface area contributed by atoms with Crippen LogP contribution in [-0.4, -0.2) is 28.6 Å². The Morgan fingerprint density at radius 2 is 2.04 bits per heavy atom. The van der Waals surface area contributed by atoms with Gasteiger partial charge in [0.25, 0.3) is 0 Å². The van der Waals surface area contributed by atoms with Gasteiger partial charge in [0, 0.05) is 18.7 Å². The molecule has 1 aliphatic rings. The van der Waals surface area contributed by atoms with E-state index in [1.807, 2.05) is 18.2 Å². The van der Waals surface area contributed by atoms with Crippen molar-refractivity contribution in [2.45, 2.75) is 17.4 Å². The zero-order valence-corrected chi connectivity index (χ0v) is 15.3. The molecule has 2 aromatic rings. The van der Waals surface area contributed by atoms with Gasteiger partial charge in [-0.2, -0.15) is 0 Å². The van der Waals surface area contributed by atoms with Crippen molar-refractivity contribution in [3.8, 4) is 5.75 Å². The Morgan fingerprint density at radius 1 is 1.28 bits per heavy atom. The maximum Gasteiger partial charge on any atom is 0.240 e. The van der Waals surface area contributed by atoms with Gasteiger partial charge in [0.05, 0.1) is 12.0 Å². The Balaban J connectivity index is 0.00000225. The van der Waals surface area contributed by atoms with Gasteiger partial charge >= 0.3 is 0 Å². The summed E-state index contributed by atoms with van der Waals surface area (Å²) in [6, 6.07) is 11.4. The second-order valence-corrected chi connectivity index (χ2v) is 7.37. The van der Waals surface area contributed by atoms with Gasteiger partial charge < -0.3 is 10.1 Å². The molecule has 136 valence electrons. The number of sulfonamides is 1. The van der Waals surface area contributed by atoms with Crippen LogP contribution in [0.3, 0.4) is 0 Å². The van der Waals surface area contributed by atoms with E-state index in [1.54, 1.807) is 0 Å². The minimum absolute atomic E-state index is 0. The lowest BCUT2D eigenvalue weighted by molar-refractivity contribution is 0.385. The molecule has 25 heavy (non-hydrogen) atoms. The van der Waals surface area contributed by atoms with Gasteiger partial charge in [-0.1, -0.05) is 24.3 Å². The lowest BCUT2D eigenvalue weighted by Gasteiger charge is -2.27. The van der Waals surface area contributed by atoms with Crippen LogP contribution in [0.2, 0.25) is 0 Å². The number of hydrogen-bond acceptors (Lipinski definition) is 4. The fourth-order valence-electron chi connectivity index (χ4n) is 2.86. The van der Waals surface area contributed by atoms with Gasteiger partial charge in [0.15, 0.2) is 11.6 Å². The summed E-state index contributed by atoms with van der Waals surface area (Å²) in [6.45, 7) is 1.02. The predicted molar refractivity (Wildman–Crippen MR) is 96.3 cm³/mol. The molecule has 2 N–H and O–H groups in total. The highest BCUT2D eigenvalue weighted by Gasteiger charge is 2.22. The van der Waals surface area contributed by atoms with Crippen molar-refractivity contribution in [2.75, 3.05) is 20.2 Å². The minimum atomic E-state index is -3.75. The Labute approximate surface area is 153 Å². The topological polar surface area (TPSA) is 67.4 Å². The highest BCUT2D eigenvalue weighted by Crippen LogP contribution is 2.24. The summed E-state index contributed by atoms with van der Waals surface area (Å²) in [5, 5.41) is 3.32. The molecule has 0 fully saturated rings. The van der Waals surface area contributed by atoms with Gasteiger partial charge in [-0.15, -0.1) is 12.4 Å². The first-order valence-corrected chi connectivity index (χ1v) is 9.14. The van der Waals surface area contributed by atoms with Crippen molar-refractivity contribution in [1.82, 2.24) is 10.0 Å². The number of benzene rings is 2. The van der Waals surface area contributed by atoms with Crippen LogP contribution in [0.4, 0.5) is 4.39 Å². The standard InChI is InChI=1S/C17H19FN2O3S.ClH/c1-23-17-10-13(6-7-15(17)18)24(21,22)20-11-16-14-5-3-2-4-12(14)8-9-19-16;/h2-7,10,16,19-20H,8-9,11H2,1H3;1H. The summed E-state index contributed by atoms with van der Waals surface area (Å²) in [5.41, 5.74) is 2.33. The Hall–Kier alpha value is -1.67. The number of ether oxygens (including phenoxy) is 1. The highest BCUT2D eigenvalue weighted by atomic mass is 35.5. The van der Waals surface area contributed by atoms with Crippen LogP contribution in [-0.2, 0) is 16.4 Å². The fourth-order valence-corrected chi connectivity index (χ4v) is 3.92. The maximum absolute atomic E-state index is 13.4. The van der Waals surface area contributed by atoms with E-state index in [2.05, 4.69) is 16.1 Å². The molecule has 2 aromatic carbocycles. The van der Waals surface area contributed by atoms with Crippen molar-refractivity contribution >= 4 is 22.4 Å². The van der Waals surface area contributed by atoms with Gasteiger partial charge in [0.2, 0.25) is 10.0 Å². The number of hydrogen-bond donors (Lipinski definition) is 2. The van der Waals surface area contributed by atoms with Gasteiger partial charge in [-0.25, -0.2) is 17.5 Å². The van der Waals surface area contributed by atoms with E-state index in [1.165, 1.54) is 24.8 Å². The largest absolute Gasteiger partial charge is 0.494 e. The molecule has 1 heterocycles. The molecule has 0 aromatic heterocycles. The number of nitrogens with one attached hydrogen (secondary N) is 2. The summed E-state index contributed by atoms with van der Waals surface area (Å²) in [6.07, 6.45) is 0.925. The van der Waals surface area contributed by atoms with Crippen molar-refractivity contribution in [3.05, 3.63) is 59.4 Å². The number of halogens is 2. The average Bonchev–Trinajstić information content (AvgIpc) is 2.60. The molecule has 3 rings (SSSR count). The van der Waals surface area contributed by atoms with Crippen LogP contribution in [0.15, 0.2) is 47.4 Å². The molecule has 8 heteroatoms. The minimum Gasteiger partial charge on any atom is -0.494 e. The van der Waals surface area contributed by atoms with Crippen LogP contribution in [0.5, 0.6) is 5.75 Å². The summed E-state index contributed by atoms with van der Waals surface area (Å²) in [7, 11) is -2.45. The lowest BCUT2D eigenvalue weighted by atomic mass is 9.95. The van der Waals surface area contributed by atoms with Gasteiger partial charge in [-0.3, -0.25) is 0 Å². The molecule has 0 spiro atoms. The first-order valence-electron chi connectivity index (χ1n) is 7.65. The van der Waals surface area contributed by atoms with E-state index in [9.17, 15) is 12.8 Å². The van der Waals surface area contributed by atoms with E-state index in [-0.39, 0.29) is 35.6 Å². The Bertz CT molecular complexity index is 846. The molecular weight excluding hydrogens is 367 g/mol. The monoisotopic (exact) mass is 386 g/mol. The maximum atomic E-state index is 13.4. The molecule has 0 bridgehead atoms. The second-order valence-electron chi connectivity index (χ2n) is 5.60.